The molecule has 1 unspecified atom stereocenters. The number of amides is 1. The molecule has 3 aliphatic rings. The van der Waals surface area contributed by atoms with Crippen molar-refractivity contribution in [2.75, 3.05) is 26.7 Å². The molecule has 2 bridgehead atoms. The van der Waals surface area contributed by atoms with Crippen LogP contribution in [0.25, 0.3) is 15.3 Å². The van der Waals surface area contributed by atoms with Gasteiger partial charge in [-0.05, 0) is 50.0 Å². The number of carbonyl (C=O) groups is 1. The molecule has 6 rings (SSSR count). The average molecular weight is 410 g/mol. The number of rotatable bonds is 4. The molecule has 1 aromatic carbocycles. The maximum absolute atomic E-state index is 12.9. The number of methoxy groups -OCH3 is 1. The summed E-state index contributed by atoms with van der Waals surface area (Å²) in [6.45, 7) is 3.17. The van der Waals surface area contributed by atoms with Crippen LogP contribution >= 0.6 is 11.3 Å². The monoisotopic (exact) mass is 410 g/mol. The van der Waals surface area contributed by atoms with Crippen molar-refractivity contribution in [3.8, 4) is 10.9 Å². The zero-order chi connectivity index (χ0) is 20.0. The molecule has 1 amide bonds. The van der Waals surface area contributed by atoms with Gasteiger partial charge in [-0.2, -0.15) is 0 Å². The summed E-state index contributed by atoms with van der Waals surface area (Å²) < 4.78 is 7.73. The van der Waals surface area contributed by atoms with E-state index in [9.17, 15) is 9.59 Å². The molecule has 0 saturated carbocycles. The van der Waals surface area contributed by atoms with Gasteiger partial charge < -0.3 is 15.0 Å². The number of hydrogen-bond acceptors (Lipinski definition) is 6. The maximum Gasteiger partial charge on any atom is 0.256 e. The van der Waals surface area contributed by atoms with Crippen LogP contribution in [0.3, 0.4) is 0 Å². The summed E-state index contributed by atoms with van der Waals surface area (Å²) in [5.74, 6) is 1.07. The van der Waals surface area contributed by atoms with Crippen molar-refractivity contribution in [3.05, 3.63) is 52.4 Å². The van der Waals surface area contributed by atoms with Crippen LogP contribution in [0.5, 0.6) is 5.75 Å². The fourth-order valence-corrected chi connectivity index (χ4v) is 5.29. The second-order valence-corrected chi connectivity index (χ2v) is 8.66. The molecule has 3 fully saturated rings. The van der Waals surface area contributed by atoms with Crippen molar-refractivity contribution >= 4 is 27.5 Å². The van der Waals surface area contributed by atoms with E-state index in [1.54, 1.807) is 19.4 Å². The van der Waals surface area contributed by atoms with Crippen LogP contribution in [0, 0.1) is 5.92 Å². The van der Waals surface area contributed by atoms with Crippen LogP contribution < -0.4 is 15.6 Å². The summed E-state index contributed by atoms with van der Waals surface area (Å²) in [6, 6.07) is 8.86. The number of carbonyl (C=O) groups excluding carboxylic acids is 1. The molecule has 8 heteroatoms. The molecule has 3 aromatic rings. The first-order valence-corrected chi connectivity index (χ1v) is 10.6. The highest BCUT2D eigenvalue weighted by atomic mass is 32.1. The van der Waals surface area contributed by atoms with Crippen LogP contribution in [0.1, 0.15) is 23.2 Å². The molecule has 1 N–H and O–H groups in total. The minimum Gasteiger partial charge on any atom is -0.494 e. The van der Waals surface area contributed by atoms with Gasteiger partial charge in [-0.25, -0.2) is 4.98 Å². The summed E-state index contributed by atoms with van der Waals surface area (Å²) in [5.41, 5.74) is 0.957. The van der Waals surface area contributed by atoms with Crippen LogP contribution in [-0.4, -0.2) is 53.1 Å². The van der Waals surface area contributed by atoms with Crippen molar-refractivity contribution in [2.45, 2.75) is 18.9 Å². The normalized spacial score (nSPS) is 23.3. The smallest absolute Gasteiger partial charge is 0.256 e. The largest absolute Gasteiger partial charge is 0.494 e. The van der Waals surface area contributed by atoms with E-state index in [1.165, 1.54) is 22.0 Å². The SMILES string of the molecule is COc1cccc2sc(-n3cc(C(=O)NC4CN5CCC4CC5)ccc3=O)nc12. The van der Waals surface area contributed by atoms with Gasteiger partial charge in [0.1, 0.15) is 11.3 Å². The Labute approximate surface area is 171 Å². The minimum absolute atomic E-state index is 0.142. The number of nitrogens with zero attached hydrogens (tertiary/aromatic N) is 3. The number of benzene rings is 1. The maximum atomic E-state index is 12.9. The molecule has 3 saturated heterocycles. The molecule has 0 spiro atoms. The molecule has 0 radical (unpaired) electrons. The number of ether oxygens (including phenoxy) is 1. The standard InChI is InChI=1S/C21H22N4O3S/c1-28-16-3-2-4-17-19(16)23-21(29-17)25-11-14(5-6-18(25)26)20(27)22-15-12-24-9-7-13(15)8-10-24/h2-6,11,13,15H,7-10,12H2,1H3,(H,22,27). The quantitative estimate of drug-likeness (QED) is 0.714. The van der Waals surface area contributed by atoms with Crippen LogP contribution in [0.15, 0.2) is 41.3 Å². The average Bonchev–Trinajstić information content (AvgIpc) is 3.19. The molecular formula is C21H22N4O3S. The predicted octanol–water partition coefficient (Wildman–Crippen LogP) is 2.28. The number of para-hydroxylation sites is 1. The van der Waals surface area contributed by atoms with Gasteiger partial charge in [0.2, 0.25) is 0 Å². The minimum atomic E-state index is -0.220. The van der Waals surface area contributed by atoms with Crippen LogP contribution in [-0.2, 0) is 0 Å². The Hall–Kier alpha value is -2.71. The van der Waals surface area contributed by atoms with E-state index >= 15 is 0 Å². The molecule has 0 aliphatic carbocycles. The number of pyridine rings is 1. The third-order valence-corrected chi connectivity index (χ3v) is 6.96. The van der Waals surface area contributed by atoms with E-state index in [0.717, 1.165) is 37.2 Å². The van der Waals surface area contributed by atoms with Gasteiger partial charge in [0.05, 0.1) is 17.4 Å². The molecule has 5 heterocycles. The van der Waals surface area contributed by atoms with Crippen molar-refractivity contribution in [1.82, 2.24) is 19.8 Å². The second-order valence-electron chi connectivity index (χ2n) is 7.65. The Morgan fingerprint density at radius 3 is 2.79 bits per heavy atom. The topological polar surface area (TPSA) is 76.5 Å². The van der Waals surface area contributed by atoms with Gasteiger partial charge in [-0.1, -0.05) is 17.4 Å². The molecule has 29 heavy (non-hydrogen) atoms. The molecule has 1 atom stereocenters. The molecule has 150 valence electrons. The molecule has 7 nitrogen and oxygen atoms in total. The first kappa shape index (κ1) is 18.3. The number of piperidine rings is 3. The van der Waals surface area contributed by atoms with Gasteiger partial charge in [0.25, 0.3) is 11.5 Å². The van der Waals surface area contributed by atoms with Gasteiger partial charge in [-0.3, -0.25) is 14.2 Å². The highest BCUT2D eigenvalue weighted by molar-refractivity contribution is 7.20. The predicted molar refractivity (Wildman–Crippen MR) is 112 cm³/mol. The Kier molecular flexibility index (Phi) is 4.60. The number of aromatic nitrogens is 2. The van der Waals surface area contributed by atoms with Gasteiger partial charge >= 0.3 is 0 Å². The lowest BCUT2D eigenvalue weighted by atomic mass is 9.84. The summed E-state index contributed by atoms with van der Waals surface area (Å²) in [7, 11) is 1.60. The van der Waals surface area contributed by atoms with Crippen molar-refractivity contribution in [2.24, 2.45) is 5.92 Å². The Morgan fingerprint density at radius 2 is 2.07 bits per heavy atom. The van der Waals surface area contributed by atoms with Crippen LogP contribution in [0.2, 0.25) is 0 Å². The third-order valence-electron chi connectivity index (χ3n) is 5.94. The highest BCUT2D eigenvalue weighted by Crippen LogP contribution is 2.31. The van der Waals surface area contributed by atoms with E-state index in [4.69, 9.17) is 4.74 Å². The Morgan fingerprint density at radius 1 is 1.24 bits per heavy atom. The fraction of sp³-hybridized carbons (Fsp3) is 0.381. The van der Waals surface area contributed by atoms with Crippen LogP contribution in [0.4, 0.5) is 0 Å². The lowest BCUT2D eigenvalue weighted by Gasteiger charge is -2.44. The third kappa shape index (κ3) is 3.32. The zero-order valence-corrected chi connectivity index (χ0v) is 16.9. The second kappa shape index (κ2) is 7.27. The van der Waals surface area contributed by atoms with E-state index in [2.05, 4.69) is 15.2 Å². The van der Waals surface area contributed by atoms with E-state index in [-0.39, 0.29) is 17.5 Å². The number of hydrogen-bond donors (Lipinski definition) is 1. The first-order valence-electron chi connectivity index (χ1n) is 9.82. The molecule has 3 aliphatic heterocycles. The summed E-state index contributed by atoms with van der Waals surface area (Å²) in [4.78, 5) is 32.3. The highest BCUT2D eigenvalue weighted by Gasteiger charge is 2.35. The Bertz CT molecular complexity index is 1130. The summed E-state index contributed by atoms with van der Waals surface area (Å²) >= 11 is 1.39. The Balaban J connectivity index is 1.44. The number of fused-ring (bicyclic) bond motifs is 4. The van der Waals surface area contributed by atoms with E-state index in [1.807, 2.05) is 18.2 Å². The molecule has 2 aromatic heterocycles. The number of thiazole rings is 1. The van der Waals surface area contributed by atoms with Gasteiger partial charge in [0.15, 0.2) is 5.13 Å². The first-order chi connectivity index (χ1) is 14.1. The molecular weight excluding hydrogens is 388 g/mol. The van der Waals surface area contributed by atoms with E-state index < -0.39 is 0 Å². The number of nitrogens with one attached hydrogen (secondary N) is 1. The zero-order valence-electron chi connectivity index (χ0n) is 16.1. The lowest BCUT2D eigenvalue weighted by molar-refractivity contribution is 0.0620. The van der Waals surface area contributed by atoms with Crippen molar-refractivity contribution < 1.29 is 9.53 Å². The van der Waals surface area contributed by atoms with Gasteiger partial charge in [-0.15, -0.1) is 0 Å². The fourth-order valence-electron chi connectivity index (χ4n) is 4.33. The summed E-state index contributed by atoms with van der Waals surface area (Å²) in [6.07, 6.45) is 3.86. The van der Waals surface area contributed by atoms with Crippen molar-refractivity contribution in [1.29, 1.82) is 0 Å². The van der Waals surface area contributed by atoms with Gasteiger partial charge in [0, 0.05) is 24.8 Å². The van der Waals surface area contributed by atoms with Crippen molar-refractivity contribution in [3.63, 3.8) is 0 Å². The lowest BCUT2D eigenvalue weighted by Crippen LogP contribution is -2.57. The summed E-state index contributed by atoms with van der Waals surface area (Å²) in [5, 5.41) is 3.70. The van der Waals surface area contributed by atoms with E-state index in [0.29, 0.717) is 27.9 Å².